The third-order valence-corrected chi connectivity index (χ3v) is 3.41. The molecule has 1 heterocycles. The van der Waals surface area contributed by atoms with E-state index in [1.165, 1.54) is 5.56 Å². The lowest BCUT2D eigenvalue weighted by molar-refractivity contribution is 0.247. The first-order valence-electron chi connectivity index (χ1n) is 7.48. The molecule has 0 aliphatic carbocycles. The number of ether oxygens (including phenoxy) is 1. The number of rotatable bonds is 7. The smallest absolute Gasteiger partial charge is 0.174 e. The van der Waals surface area contributed by atoms with Crippen LogP contribution in [0.3, 0.4) is 0 Å². The van der Waals surface area contributed by atoms with Crippen molar-refractivity contribution in [2.45, 2.75) is 46.8 Å². The minimum Gasteiger partial charge on any atom is -0.485 e. The van der Waals surface area contributed by atoms with E-state index < -0.39 is 0 Å². The summed E-state index contributed by atoms with van der Waals surface area (Å²) in [4.78, 5) is 0. The first-order chi connectivity index (χ1) is 10.1. The van der Waals surface area contributed by atoms with Gasteiger partial charge >= 0.3 is 0 Å². The molecular formula is C17H24N2O2. The summed E-state index contributed by atoms with van der Waals surface area (Å²) < 4.78 is 11.2. The van der Waals surface area contributed by atoms with Crippen LogP contribution in [0.1, 0.15) is 49.3 Å². The molecule has 2 rings (SSSR count). The third-order valence-electron chi connectivity index (χ3n) is 3.41. The molecule has 0 spiro atoms. The molecule has 4 heteroatoms. The minimum absolute atomic E-state index is 0.404. The van der Waals surface area contributed by atoms with Gasteiger partial charge in [0.2, 0.25) is 0 Å². The highest BCUT2D eigenvalue weighted by Crippen LogP contribution is 2.25. The maximum absolute atomic E-state index is 5.88. The van der Waals surface area contributed by atoms with Crippen LogP contribution in [0.2, 0.25) is 0 Å². The SMILES string of the molecule is CCNCc1cc(COc2cc(C(C)C)ccc2C)on1. The van der Waals surface area contributed by atoms with E-state index in [1.54, 1.807) is 0 Å². The lowest BCUT2D eigenvalue weighted by atomic mass is 10.0. The van der Waals surface area contributed by atoms with Crippen LogP contribution in [0.5, 0.6) is 5.75 Å². The zero-order valence-electron chi connectivity index (χ0n) is 13.3. The lowest BCUT2D eigenvalue weighted by Gasteiger charge is -2.11. The molecule has 4 nitrogen and oxygen atoms in total. The second kappa shape index (κ2) is 7.27. The van der Waals surface area contributed by atoms with Gasteiger partial charge in [0.05, 0.1) is 5.69 Å². The quantitative estimate of drug-likeness (QED) is 0.842. The molecule has 114 valence electrons. The van der Waals surface area contributed by atoms with E-state index in [1.807, 2.05) is 6.07 Å². The maximum Gasteiger partial charge on any atom is 0.174 e. The number of hydrogen-bond donors (Lipinski definition) is 1. The number of aromatic nitrogens is 1. The summed E-state index contributed by atoms with van der Waals surface area (Å²) in [5.41, 5.74) is 3.32. The van der Waals surface area contributed by atoms with E-state index in [2.05, 4.69) is 56.4 Å². The molecule has 0 unspecified atom stereocenters. The number of benzene rings is 1. The van der Waals surface area contributed by atoms with E-state index in [-0.39, 0.29) is 0 Å². The zero-order valence-corrected chi connectivity index (χ0v) is 13.3. The van der Waals surface area contributed by atoms with Gasteiger partial charge in [-0.1, -0.05) is 38.1 Å². The summed E-state index contributed by atoms with van der Waals surface area (Å²) in [6.45, 7) is 10.5. The van der Waals surface area contributed by atoms with Crippen LogP contribution in [0.15, 0.2) is 28.8 Å². The molecule has 2 aromatic rings. The molecule has 0 bridgehead atoms. The Morgan fingerprint density at radius 2 is 2.10 bits per heavy atom. The Labute approximate surface area is 126 Å². The molecular weight excluding hydrogens is 264 g/mol. The van der Waals surface area contributed by atoms with Gasteiger partial charge in [0.25, 0.3) is 0 Å². The molecule has 21 heavy (non-hydrogen) atoms. The van der Waals surface area contributed by atoms with Crippen molar-refractivity contribution in [1.29, 1.82) is 0 Å². The van der Waals surface area contributed by atoms with Crippen LogP contribution < -0.4 is 10.1 Å². The number of nitrogens with zero attached hydrogens (tertiary/aromatic N) is 1. The number of aryl methyl sites for hydroxylation is 1. The van der Waals surface area contributed by atoms with E-state index in [0.717, 1.165) is 35.9 Å². The summed E-state index contributed by atoms with van der Waals surface area (Å²) in [5.74, 6) is 2.15. The van der Waals surface area contributed by atoms with Gasteiger partial charge in [0.15, 0.2) is 5.76 Å². The molecule has 1 aromatic carbocycles. The highest BCUT2D eigenvalue weighted by atomic mass is 16.5. The van der Waals surface area contributed by atoms with Crippen LogP contribution in [0.25, 0.3) is 0 Å². The predicted molar refractivity (Wildman–Crippen MR) is 83.5 cm³/mol. The predicted octanol–water partition coefficient (Wildman–Crippen LogP) is 3.79. The normalized spacial score (nSPS) is 11.1. The van der Waals surface area contributed by atoms with E-state index in [0.29, 0.717) is 12.5 Å². The Kier molecular flexibility index (Phi) is 5.39. The van der Waals surface area contributed by atoms with Crippen molar-refractivity contribution in [3.05, 3.63) is 46.8 Å². The third kappa shape index (κ3) is 4.33. The molecule has 1 aromatic heterocycles. The summed E-state index contributed by atoms with van der Waals surface area (Å²) >= 11 is 0. The highest BCUT2D eigenvalue weighted by molar-refractivity contribution is 5.37. The van der Waals surface area contributed by atoms with Gasteiger partial charge in [0.1, 0.15) is 12.4 Å². The second-order valence-electron chi connectivity index (χ2n) is 5.53. The van der Waals surface area contributed by atoms with Gasteiger partial charge in [-0.2, -0.15) is 0 Å². The van der Waals surface area contributed by atoms with Gasteiger partial charge in [0, 0.05) is 12.6 Å². The number of hydrogen-bond acceptors (Lipinski definition) is 4. The Morgan fingerprint density at radius 1 is 1.29 bits per heavy atom. The van der Waals surface area contributed by atoms with E-state index in [4.69, 9.17) is 9.26 Å². The summed E-state index contributed by atoms with van der Waals surface area (Å²) in [6, 6.07) is 8.29. The Morgan fingerprint density at radius 3 is 2.81 bits per heavy atom. The van der Waals surface area contributed by atoms with Crippen LogP contribution in [-0.2, 0) is 13.2 Å². The van der Waals surface area contributed by atoms with Crippen LogP contribution in [0.4, 0.5) is 0 Å². The van der Waals surface area contributed by atoms with Crippen LogP contribution >= 0.6 is 0 Å². The molecule has 0 fully saturated rings. The molecule has 0 atom stereocenters. The summed E-state index contributed by atoms with van der Waals surface area (Å²) in [5, 5.41) is 7.23. The molecule has 0 radical (unpaired) electrons. The Bertz CT molecular complexity index is 576. The minimum atomic E-state index is 0.404. The summed E-state index contributed by atoms with van der Waals surface area (Å²) in [7, 11) is 0. The van der Waals surface area contributed by atoms with Gasteiger partial charge in [-0.05, 0) is 36.6 Å². The fourth-order valence-corrected chi connectivity index (χ4v) is 2.04. The van der Waals surface area contributed by atoms with Gasteiger partial charge < -0.3 is 14.6 Å². The van der Waals surface area contributed by atoms with Crippen molar-refractivity contribution in [3.8, 4) is 5.75 Å². The first kappa shape index (κ1) is 15.6. The molecule has 0 saturated carbocycles. The zero-order chi connectivity index (χ0) is 15.2. The Balaban J connectivity index is 1.99. The van der Waals surface area contributed by atoms with Crippen molar-refractivity contribution in [2.75, 3.05) is 6.54 Å². The molecule has 0 amide bonds. The van der Waals surface area contributed by atoms with E-state index in [9.17, 15) is 0 Å². The summed E-state index contributed by atoms with van der Waals surface area (Å²) in [6.07, 6.45) is 0. The number of nitrogens with one attached hydrogen (secondary N) is 1. The molecule has 0 aliphatic heterocycles. The fraction of sp³-hybridized carbons (Fsp3) is 0.471. The maximum atomic E-state index is 5.88. The lowest BCUT2D eigenvalue weighted by Crippen LogP contribution is -2.11. The molecule has 0 aliphatic rings. The average molecular weight is 288 g/mol. The standard InChI is InChI=1S/C17H24N2O2/c1-5-18-10-15-9-16(21-19-15)11-20-17-8-14(12(2)3)7-6-13(17)4/h6-9,12,18H,5,10-11H2,1-4H3. The average Bonchev–Trinajstić information content (AvgIpc) is 2.92. The van der Waals surface area contributed by atoms with Crippen LogP contribution in [-0.4, -0.2) is 11.7 Å². The second-order valence-corrected chi connectivity index (χ2v) is 5.53. The van der Waals surface area contributed by atoms with E-state index >= 15 is 0 Å². The topological polar surface area (TPSA) is 47.3 Å². The highest BCUT2D eigenvalue weighted by Gasteiger charge is 2.08. The van der Waals surface area contributed by atoms with Crippen LogP contribution in [0, 0.1) is 6.92 Å². The van der Waals surface area contributed by atoms with Crippen molar-refractivity contribution in [3.63, 3.8) is 0 Å². The largest absolute Gasteiger partial charge is 0.485 e. The van der Waals surface area contributed by atoms with Crippen molar-refractivity contribution in [2.24, 2.45) is 0 Å². The molecule has 0 saturated heterocycles. The van der Waals surface area contributed by atoms with Crippen molar-refractivity contribution in [1.82, 2.24) is 10.5 Å². The van der Waals surface area contributed by atoms with Gasteiger partial charge in [-0.3, -0.25) is 0 Å². The van der Waals surface area contributed by atoms with Gasteiger partial charge in [-0.15, -0.1) is 0 Å². The molecule has 1 N–H and O–H groups in total. The van der Waals surface area contributed by atoms with Crippen molar-refractivity contribution < 1.29 is 9.26 Å². The Hall–Kier alpha value is -1.81. The van der Waals surface area contributed by atoms with Gasteiger partial charge in [-0.25, -0.2) is 0 Å². The first-order valence-corrected chi connectivity index (χ1v) is 7.48. The van der Waals surface area contributed by atoms with Crippen molar-refractivity contribution >= 4 is 0 Å². The fourth-order valence-electron chi connectivity index (χ4n) is 2.04. The monoisotopic (exact) mass is 288 g/mol.